The summed E-state index contributed by atoms with van der Waals surface area (Å²) in [5, 5.41) is 7.04. The van der Waals surface area contributed by atoms with Gasteiger partial charge in [0.1, 0.15) is 5.82 Å². The Kier molecular flexibility index (Phi) is 2.02. The zero-order chi connectivity index (χ0) is 9.97. The van der Waals surface area contributed by atoms with Gasteiger partial charge < -0.3 is 11.1 Å². The van der Waals surface area contributed by atoms with Gasteiger partial charge in [-0.3, -0.25) is 4.68 Å². The van der Waals surface area contributed by atoms with E-state index in [9.17, 15) is 0 Å². The quantitative estimate of drug-likeness (QED) is 0.722. The van der Waals surface area contributed by atoms with Crippen LogP contribution in [0, 0.1) is 0 Å². The highest BCUT2D eigenvalue weighted by Crippen LogP contribution is 2.12. The Balaban J connectivity index is 2.19. The standard InChI is InChI=1S/C8H10N6/c1-14-6(9)5-7(13-14)12-8-10-3-2-4-11-8/h2-5H,9H2,1H3,(H,10,11,12,13). The predicted molar refractivity (Wildman–Crippen MR) is 52.9 cm³/mol. The molecule has 0 amide bonds. The number of nitrogens with two attached hydrogens (primary N) is 1. The lowest BCUT2D eigenvalue weighted by Gasteiger charge is -1.97. The molecule has 2 rings (SSSR count). The van der Waals surface area contributed by atoms with Gasteiger partial charge in [-0.25, -0.2) is 9.97 Å². The van der Waals surface area contributed by atoms with Crippen molar-refractivity contribution in [3.05, 3.63) is 24.5 Å². The van der Waals surface area contributed by atoms with E-state index in [4.69, 9.17) is 5.73 Å². The molecule has 2 aromatic rings. The lowest BCUT2D eigenvalue weighted by atomic mass is 10.6. The molecule has 0 unspecified atom stereocenters. The molecule has 0 bridgehead atoms. The zero-order valence-corrected chi connectivity index (χ0v) is 7.68. The van der Waals surface area contributed by atoms with Crippen LogP contribution in [-0.4, -0.2) is 19.7 Å². The Morgan fingerprint density at radius 2 is 2.07 bits per heavy atom. The molecule has 0 spiro atoms. The van der Waals surface area contributed by atoms with Gasteiger partial charge in [0.2, 0.25) is 5.95 Å². The number of aryl methyl sites for hydroxylation is 1. The summed E-state index contributed by atoms with van der Waals surface area (Å²) in [5.74, 6) is 1.73. The number of nitrogens with one attached hydrogen (secondary N) is 1. The third-order valence-electron chi connectivity index (χ3n) is 1.72. The maximum Gasteiger partial charge on any atom is 0.228 e. The molecule has 0 saturated heterocycles. The van der Waals surface area contributed by atoms with E-state index in [2.05, 4.69) is 20.4 Å². The Morgan fingerprint density at radius 1 is 1.36 bits per heavy atom. The van der Waals surface area contributed by atoms with Gasteiger partial charge in [0.05, 0.1) is 0 Å². The van der Waals surface area contributed by atoms with Crippen LogP contribution in [0.15, 0.2) is 24.5 Å². The van der Waals surface area contributed by atoms with Gasteiger partial charge >= 0.3 is 0 Å². The highest BCUT2D eigenvalue weighted by molar-refractivity contribution is 5.52. The molecule has 14 heavy (non-hydrogen) atoms. The van der Waals surface area contributed by atoms with Gasteiger partial charge in [0.25, 0.3) is 0 Å². The summed E-state index contributed by atoms with van der Waals surface area (Å²) in [6.45, 7) is 0. The van der Waals surface area contributed by atoms with Crippen LogP contribution in [0.3, 0.4) is 0 Å². The average molecular weight is 190 g/mol. The smallest absolute Gasteiger partial charge is 0.228 e. The molecule has 0 aliphatic heterocycles. The summed E-state index contributed by atoms with van der Waals surface area (Å²) in [4.78, 5) is 8.00. The normalized spacial score (nSPS) is 10.1. The number of hydrogen-bond acceptors (Lipinski definition) is 5. The summed E-state index contributed by atoms with van der Waals surface area (Å²) in [7, 11) is 1.77. The fraction of sp³-hybridized carbons (Fsp3) is 0.125. The van der Waals surface area contributed by atoms with Crippen molar-refractivity contribution in [2.75, 3.05) is 11.1 Å². The molecule has 0 fully saturated rings. The van der Waals surface area contributed by atoms with E-state index in [0.29, 0.717) is 17.6 Å². The maximum absolute atomic E-state index is 5.61. The van der Waals surface area contributed by atoms with E-state index in [0.717, 1.165) is 0 Å². The van der Waals surface area contributed by atoms with E-state index in [1.54, 1.807) is 36.3 Å². The molecular weight excluding hydrogens is 180 g/mol. The molecule has 0 aliphatic rings. The Morgan fingerprint density at radius 3 is 2.64 bits per heavy atom. The molecule has 0 saturated carbocycles. The molecule has 0 aromatic carbocycles. The van der Waals surface area contributed by atoms with Crippen LogP contribution in [0.5, 0.6) is 0 Å². The van der Waals surface area contributed by atoms with Gasteiger partial charge in [-0.05, 0) is 6.07 Å². The fourth-order valence-corrected chi connectivity index (χ4v) is 1.02. The SMILES string of the molecule is Cn1nc(Nc2ncccn2)cc1N. The van der Waals surface area contributed by atoms with Crippen molar-refractivity contribution in [3.63, 3.8) is 0 Å². The summed E-state index contributed by atoms with van der Waals surface area (Å²) >= 11 is 0. The molecule has 2 aromatic heterocycles. The van der Waals surface area contributed by atoms with Crippen molar-refractivity contribution in [2.24, 2.45) is 7.05 Å². The molecule has 0 atom stereocenters. The summed E-state index contributed by atoms with van der Waals surface area (Å²) in [6.07, 6.45) is 3.31. The van der Waals surface area contributed by atoms with Crippen molar-refractivity contribution in [2.45, 2.75) is 0 Å². The largest absolute Gasteiger partial charge is 0.384 e. The number of rotatable bonds is 2. The summed E-state index contributed by atoms with van der Waals surface area (Å²) in [5.41, 5.74) is 5.61. The van der Waals surface area contributed by atoms with Crippen LogP contribution in [0.1, 0.15) is 0 Å². The summed E-state index contributed by atoms with van der Waals surface area (Å²) < 4.78 is 1.57. The van der Waals surface area contributed by atoms with Gasteiger partial charge in [-0.1, -0.05) is 0 Å². The van der Waals surface area contributed by atoms with E-state index in [1.807, 2.05) is 0 Å². The zero-order valence-electron chi connectivity index (χ0n) is 7.68. The number of anilines is 3. The van der Waals surface area contributed by atoms with Crippen LogP contribution >= 0.6 is 0 Å². The van der Waals surface area contributed by atoms with Crippen molar-refractivity contribution in [3.8, 4) is 0 Å². The second kappa shape index (κ2) is 3.33. The molecular formula is C8H10N6. The van der Waals surface area contributed by atoms with Gasteiger partial charge in [0, 0.05) is 25.5 Å². The molecule has 0 radical (unpaired) electrons. The Hall–Kier alpha value is -2.11. The predicted octanol–water partition coefficient (Wildman–Crippen LogP) is 0.536. The number of nitrogen functional groups attached to an aromatic ring is 1. The van der Waals surface area contributed by atoms with Crippen LogP contribution in [0.2, 0.25) is 0 Å². The van der Waals surface area contributed by atoms with Crippen LogP contribution in [-0.2, 0) is 7.05 Å². The first-order valence-electron chi connectivity index (χ1n) is 4.09. The average Bonchev–Trinajstić information content (AvgIpc) is 2.47. The second-order valence-corrected chi connectivity index (χ2v) is 2.78. The minimum atomic E-state index is 0.505. The fourth-order valence-electron chi connectivity index (χ4n) is 1.02. The molecule has 0 aliphatic carbocycles. The minimum Gasteiger partial charge on any atom is -0.384 e. The highest BCUT2D eigenvalue weighted by Gasteiger charge is 2.02. The first kappa shape index (κ1) is 8.49. The van der Waals surface area contributed by atoms with Gasteiger partial charge in [0.15, 0.2) is 5.82 Å². The van der Waals surface area contributed by atoms with Crippen LogP contribution in [0.4, 0.5) is 17.6 Å². The van der Waals surface area contributed by atoms with Crippen molar-refractivity contribution < 1.29 is 0 Å². The number of aromatic nitrogens is 4. The molecule has 6 heteroatoms. The third kappa shape index (κ3) is 1.63. The Bertz CT molecular complexity index is 401. The number of nitrogens with zero attached hydrogens (tertiary/aromatic N) is 4. The van der Waals surface area contributed by atoms with E-state index in [-0.39, 0.29) is 0 Å². The third-order valence-corrected chi connectivity index (χ3v) is 1.72. The Labute approximate surface area is 80.8 Å². The minimum absolute atomic E-state index is 0.505. The summed E-state index contributed by atoms with van der Waals surface area (Å²) in [6, 6.07) is 3.47. The molecule has 3 N–H and O–H groups in total. The lowest BCUT2D eigenvalue weighted by molar-refractivity contribution is 0.782. The topological polar surface area (TPSA) is 81.7 Å². The van der Waals surface area contributed by atoms with Crippen molar-refractivity contribution in [1.82, 2.24) is 19.7 Å². The van der Waals surface area contributed by atoms with E-state index < -0.39 is 0 Å². The highest BCUT2D eigenvalue weighted by atomic mass is 15.3. The first-order chi connectivity index (χ1) is 6.75. The van der Waals surface area contributed by atoms with Crippen LogP contribution in [0.25, 0.3) is 0 Å². The van der Waals surface area contributed by atoms with Crippen molar-refractivity contribution >= 4 is 17.6 Å². The van der Waals surface area contributed by atoms with Crippen molar-refractivity contribution in [1.29, 1.82) is 0 Å². The molecule has 6 nitrogen and oxygen atoms in total. The second-order valence-electron chi connectivity index (χ2n) is 2.78. The van der Waals surface area contributed by atoms with E-state index >= 15 is 0 Å². The maximum atomic E-state index is 5.61. The van der Waals surface area contributed by atoms with Gasteiger partial charge in [-0.15, -0.1) is 0 Å². The first-order valence-corrected chi connectivity index (χ1v) is 4.09. The van der Waals surface area contributed by atoms with Crippen LogP contribution < -0.4 is 11.1 Å². The molecule has 72 valence electrons. The monoisotopic (exact) mass is 190 g/mol. The lowest BCUT2D eigenvalue weighted by Crippen LogP contribution is -1.98. The van der Waals surface area contributed by atoms with E-state index in [1.165, 1.54) is 0 Å². The number of hydrogen-bond donors (Lipinski definition) is 2. The molecule has 2 heterocycles. The van der Waals surface area contributed by atoms with Gasteiger partial charge in [-0.2, -0.15) is 5.10 Å².